The van der Waals surface area contributed by atoms with Gasteiger partial charge in [-0.1, -0.05) is 19.9 Å². The molecule has 3 heteroatoms. The predicted molar refractivity (Wildman–Crippen MR) is 67.5 cm³/mol. The lowest BCUT2D eigenvalue weighted by Crippen LogP contribution is -2.38. The van der Waals surface area contributed by atoms with Crippen LogP contribution in [0.4, 0.5) is 4.39 Å². The molecule has 94 valence electrons. The van der Waals surface area contributed by atoms with E-state index < -0.39 is 5.41 Å². The largest absolute Gasteiger partial charge is 0.329 e. The molecule has 0 aliphatic heterocycles. The number of hydrogen-bond acceptors (Lipinski definition) is 2. The Labute approximate surface area is 102 Å². The van der Waals surface area contributed by atoms with Gasteiger partial charge in [0.1, 0.15) is 5.82 Å². The predicted octanol–water partition coefficient (Wildman–Crippen LogP) is 3.08. The van der Waals surface area contributed by atoms with Gasteiger partial charge in [0, 0.05) is 17.5 Å². The van der Waals surface area contributed by atoms with E-state index in [1.807, 2.05) is 20.8 Å². The van der Waals surface area contributed by atoms with Crippen molar-refractivity contribution in [3.05, 3.63) is 35.1 Å². The first-order valence-electron chi connectivity index (χ1n) is 6.01. The summed E-state index contributed by atoms with van der Waals surface area (Å²) in [6, 6.07) is 4.32. The number of hydrogen-bond donors (Lipinski definition) is 1. The van der Waals surface area contributed by atoms with E-state index in [0.29, 0.717) is 24.9 Å². The maximum absolute atomic E-state index is 13.2. The summed E-state index contributed by atoms with van der Waals surface area (Å²) in [5.41, 5.74) is 6.44. The smallest absolute Gasteiger partial charge is 0.170 e. The molecule has 0 radical (unpaired) electrons. The molecule has 1 aromatic carbocycles. The average Bonchev–Trinajstić information content (AvgIpc) is 2.35. The molecule has 0 aromatic heterocycles. The van der Waals surface area contributed by atoms with Gasteiger partial charge in [0.15, 0.2) is 5.78 Å². The second kappa shape index (κ2) is 5.41. The van der Waals surface area contributed by atoms with Gasteiger partial charge < -0.3 is 5.73 Å². The van der Waals surface area contributed by atoms with Gasteiger partial charge in [-0.15, -0.1) is 0 Å². The minimum atomic E-state index is -0.557. The van der Waals surface area contributed by atoms with Gasteiger partial charge in [-0.2, -0.15) is 0 Å². The zero-order valence-corrected chi connectivity index (χ0v) is 10.7. The maximum Gasteiger partial charge on any atom is 0.170 e. The quantitative estimate of drug-likeness (QED) is 0.800. The first kappa shape index (κ1) is 13.8. The molecule has 0 spiro atoms. The first-order chi connectivity index (χ1) is 8.00. The Hall–Kier alpha value is -1.22. The van der Waals surface area contributed by atoms with Gasteiger partial charge in [0.2, 0.25) is 0 Å². The summed E-state index contributed by atoms with van der Waals surface area (Å²) in [6.07, 6.45) is 1.35. The molecule has 0 unspecified atom stereocenters. The third-order valence-corrected chi connectivity index (χ3v) is 3.67. The van der Waals surface area contributed by atoms with Crippen LogP contribution in [-0.4, -0.2) is 12.3 Å². The topological polar surface area (TPSA) is 43.1 Å². The Morgan fingerprint density at radius 1 is 1.35 bits per heavy atom. The summed E-state index contributed by atoms with van der Waals surface area (Å²) in [5.74, 6) is -0.418. The third kappa shape index (κ3) is 2.55. The molecule has 0 fully saturated rings. The molecule has 0 amide bonds. The summed E-state index contributed by atoms with van der Waals surface area (Å²) >= 11 is 0. The molecule has 0 bridgehead atoms. The zero-order valence-electron chi connectivity index (χ0n) is 10.7. The standard InChI is InChI=1S/C14H20FNO/c1-4-14(5-2,9-16)13(17)12-8-11(15)7-6-10(12)3/h6-8H,4-5,9,16H2,1-3H3. The fourth-order valence-corrected chi connectivity index (χ4v) is 2.08. The van der Waals surface area contributed by atoms with Crippen LogP contribution in [-0.2, 0) is 0 Å². The maximum atomic E-state index is 13.2. The average molecular weight is 237 g/mol. The van der Waals surface area contributed by atoms with Crippen LogP contribution in [0.1, 0.15) is 42.6 Å². The molecule has 0 heterocycles. The van der Waals surface area contributed by atoms with Crippen molar-refractivity contribution in [2.24, 2.45) is 11.1 Å². The number of benzene rings is 1. The van der Waals surface area contributed by atoms with Crippen molar-refractivity contribution in [2.45, 2.75) is 33.6 Å². The van der Waals surface area contributed by atoms with Crippen LogP contribution in [0.15, 0.2) is 18.2 Å². The molecule has 0 atom stereocenters. The lowest BCUT2D eigenvalue weighted by molar-refractivity contribution is 0.0786. The highest BCUT2D eigenvalue weighted by atomic mass is 19.1. The van der Waals surface area contributed by atoms with E-state index in [-0.39, 0.29) is 11.6 Å². The Kier molecular flexibility index (Phi) is 4.40. The fourth-order valence-electron chi connectivity index (χ4n) is 2.08. The molecule has 0 saturated heterocycles. The molecule has 2 N–H and O–H groups in total. The fraction of sp³-hybridized carbons (Fsp3) is 0.500. The molecule has 0 saturated carbocycles. The van der Waals surface area contributed by atoms with Gasteiger partial charge in [-0.05, 0) is 37.5 Å². The van der Waals surface area contributed by atoms with E-state index in [1.54, 1.807) is 6.07 Å². The van der Waals surface area contributed by atoms with Gasteiger partial charge in [-0.25, -0.2) is 4.39 Å². The molecular weight excluding hydrogens is 217 g/mol. The lowest BCUT2D eigenvalue weighted by Gasteiger charge is -2.29. The molecular formula is C14H20FNO. The number of ketones is 1. The van der Waals surface area contributed by atoms with E-state index >= 15 is 0 Å². The number of halogens is 1. The van der Waals surface area contributed by atoms with Gasteiger partial charge in [-0.3, -0.25) is 4.79 Å². The second-order valence-corrected chi connectivity index (χ2v) is 4.48. The zero-order chi connectivity index (χ0) is 13.1. The highest BCUT2D eigenvalue weighted by Crippen LogP contribution is 2.31. The van der Waals surface area contributed by atoms with Crippen LogP contribution >= 0.6 is 0 Å². The van der Waals surface area contributed by atoms with E-state index in [1.165, 1.54) is 12.1 Å². The van der Waals surface area contributed by atoms with Crippen LogP contribution in [0.2, 0.25) is 0 Å². The van der Waals surface area contributed by atoms with Crippen LogP contribution in [0.5, 0.6) is 0 Å². The summed E-state index contributed by atoms with van der Waals surface area (Å²) < 4.78 is 13.2. The van der Waals surface area contributed by atoms with Crippen molar-refractivity contribution in [2.75, 3.05) is 6.54 Å². The van der Waals surface area contributed by atoms with Crippen molar-refractivity contribution in [3.8, 4) is 0 Å². The van der Waals surface area contributed by atoms with E-state index in [9.17, 15) is 9.18 Å². The number of nitrogens with two attached hydrogens (primary N) is 1. The van der Waals surface area contributed by atoms with Crippen LogP contribution in [0, 0.1) is 18.2 Å². The molecule has 0 aliphatic rings. The third-order valence-electron chi connectivity index (χ3n) is 3.67. The number of Topliss-reactive ketones (excluding diaryl/α,β-unsaturated/α-hetero) is 1. The summed E-state index contributed by atoms with van der Waals surface area (Å²) in [5, 5.41) is 0. The Morgan fingerprint density at radius 2 is 1.94 bits per heavy atom. The Balaban J connectivity index is 3.23. The summed E-state index contributed by atoms with van der Waals surface area (Å²) in [7, 11) is 0. The Bertz CT molecular complexity index is 402. The highest BCUT2D eigenvalue weighted by molar-refractivity contribution is 6.01. The van der Waals surface area contributed by atoms with Crippen molar-refractivity contribution in [1.29, 1.82) is 0 Å². The summed E-state index contributed by atoms with van der Waals surface area (Å²) in [6.45, 7) is 6.01. The Morgan fingerprint density at radius 3 is 2.41 bits per heavy atom. The van der Waals surface area contributed by atoms with Crippen molar-refractivity contribution in [3.63, 3.8) is 0 Å². The SMILES string of the molecule is CCC(CC)(CN)C(=O)c1cc(F)ccc1C. The monoisotopic (exact) mass is 237 g/mol. The van der Waals surface area contributed by atoms with Gasteiger partial charge in [0.05, 0.1) is 0 Å². The van der Waals surface area contributed by atoms with E-state index in [2.05, 4.69) is 0 Å². The van der Waals surface area contributed by atoms with Gasteiger partial charge >= 0.3 is 0 Å². The van der Waals surface area contributed by atoms with E-state index in [4.69, 9.17) is 5.73 Å². The molecule has 1 aromatic rings. The van der Waals surface area contributed by atoms with Crippen LogP contribution < -0.4 is 5.73 Å². The number of carbonyl (C=O) groups excluding carboxylic acids is 1. The van der Waals surface area contributed by atoms with Crippen LogP contribution in [0.3, 0.4) is 0 Å². The van der Waals surface area contributed by atoms with Gasteiger partial charge in [0.25, 0.3) is 0 Å². The lowest BCUT2D eigenvalue weighted by atomic mass is 9.75. The molecule has 17 heavy (non-hydrogen) atoms. The first-order valence-corrected chi connectivity index (χ1v) is 6.01. The minimum absolute atomic E-state index is 0.0398. The van der Waals surface area contributed by atoms with E-state index in [0.717, 1.165) is 5.56 Å². The normalized spacial score (nSPS) is 11.6. The van der Waals surface area contributed by atoms with Crippen molar-refractivity contribution >= 4 is 5.78 Å². The minimum Gasteiger partial charge on any atom is -0.329 e. The highest BCUT2D eigenvalue weighted by Gasteiger charge is 2.34. The summed E-state index contributed by atoms with van der Waals surface area (Å²) in [4.78, 5) is 12.5. The second-order valence-electron chi connectivity index (χ2n) is 4.48. The molecule has 2 nitrogen and oxygen atoms in total. The van der Waals surface area contributed by atoms with Crippen molar-refractivity contribution < 1.29 is 9.18 Å². The molecule has 0 aliphatic carbocycles. The number of rotatable bonds is 5. The molecule has 1 rings (SSSR count). The van der Waals surface area contributed by atoms with Crippen LogP contribution in [0.25, 0.3) is 0 Å². The number of aryl methyl sites for hydroxylation is 1. The number of carbonyl (C=O) groups is 1. The van der Waals surface area contributed by atoms with Crippen molar-refractivity contribution in [1.82, 2.24) is 0 Å².